The molecule has 1 aliphatic heterocycles. The van der Waals surface area contributed by atoms with Crippen molar-refractivity contribution >= 4 is 17.5 Å². The van der Waals surface area contributed by atoms with E-state index in [1.54, 1.807) is 0 Å². The fraction of sp³-hybridized carbons (Fsp3) is 0.529. The van der Waals surface area contributed by atoms with Gasteiger partial charge in [-0.05, 0) is 45.4 Å². The van der Waals surface area contributed by atoms with Crippen molar-refractivity contribution in [1.29, 1.82) is 0 Å². The van der Waals surface area contributed by atoms with E-state index in [0.29, 0.717) is 24.5 Å². The maximum Gasteiger partial charge on any atom is 0.262 e. The van der Waals surface area contributed by atoms with Gasteiger partial charge in [-0.3, -0.25) is 14.9 Å². The lowest BCUT2D eigenvalue weighted by atomic mass is 10.1. The topological polar surface area (TPSA) is 70.7 Å². The quantitative estimate of drug-likeness (QED) is 0.840. The lowest BCUT2D eigenvalue weighted by Crippen LogP contribution is -2.45. The van der Waals surface area contributed by atoms with Crippen molar-refractivity contribution in [3.05, 3.63) is 23.8 Å². The van der Waals surface area contributed by atoms with Crippen LogP contribution >= 0.6 is 0 Å². The highest BCUT2D eigenvalue weighted by Gasteiger charge is 2.22. The van der Waals surface area contributed by atoms with E-state index in [4.69, 9.17) is 4.74 Å². The summed E-state index contributed by atoms with van der Waals surface area (Å²) in [7, 11) is 0. The molecule has 1 aliphatic rings. The van der Waals surface area contributed by atoms with E-state index in [0.717, 1.165) is 5.56 Å². The van der Waals surface area contributed by atoms with Gasteiger partial charge in [0.2, 0.25) is 5.91 Å². The molecular weight excluding hydrogens is 294 g/mol. The van der Waals surface area contributed by atoms with Gasteiger partial charge in [0.05, 0.1) is 11.7 Å². The Hall–Kier alpha value is -2.08. The normalized spacial score (nSPS) is 15.9. The first-order valence-corrected chi connectivity index (χ1v) is 8.07. The number of hydrogen-bond acceptors (Lipinski definition) is 4. The summed E-state index contributed by atoms with van der Waals surface area (Å²) in [5.41, 5.74) is 1.67. The Balaban J connectivity index is 2.06. The van der Waals surface area contributed by atoms with Gasteiger partial charge in [0.1, 0.15) is 5.75 Å². The van der Waals surface area contributed by atoms with Crippen LogP contribution in [0.15, 0.2) is 18.2 Å². The largest absolute Gasteiger partial charge is 0.482 e. The Labute approximate surface area is 137 Å². The van der Waals surface area contributed by atoms with Crippen LogP contribution in [0.25, 0.3) is 0 Å². The summed E-state index contributed by atoms with van der Waals surface area (Å²) in [6, 6.07) is 5.39. The Bertz CT molecular complexity index is 584. The van der Waals surface area contributed by atoms with Crippen molar-refractivity contribution in [3.63, 3.8) is 0 Å². The molecule has 2 N–H and O–H groups in total. The lowest BCUT2D eigenvalue weighted by molar-refractivity contribution is -0.132. The molecule has 0 bridgehead atoms. The third kappa shape index (κ3) is 4.01. The van der Waals surface area contributed by atoms with Gasteiger partial charge >= 0.3 is 0 Å². The number of amides is 2. The van der Waals surface area contributed by atoms with Crippen LogP contribution in [-0.4, -0.2) is 42.5 Å². The van der Waals surface area contributed by atoms with E-state index >= 15 is 0 Å². The first-order valence-electron chi connectivity index (χ1n) is 8.07. The summed E-state index contributed by atoms with van der Waals surface area (Å²) in [5, 5.41) is 6.12. The molecular formula is C17H25N3O3. The first-order chi connectivity index (χ1) is 11.0. The Kier molecular flexibility index (Phi) is 5.60. The van der Waals surface area contributed by atoms with Gasteiger partial charge in [-0.2, -0.15) is 0 Å². The lowest BCUT2D eigenvalue weighted by Gasteiger charge is -2.26. The van der Waals surface area contributed by atoms with Crippen LogP contribution in [0.4, 0.5) is 5.69 Å². The average molecular weight is 319 g/mol. The van der Waals surface area contributed by atoms with E-state index in [2.05, 4.69) is 10.6 Å². The van der Waals surface area contributed by atoms with Gasteiger partial charge in [0, 0.05) is 19.1 Å². The second kappa shape index (κ2) is 7.46. The molecule has 1 heterocycles. The SMILES string of the molecule is CCN(CC)C(=O)[C@H](C)N[C@H](C)c1ccc2c(c1)NC(=O)CO2. The fourth-order valence-corrected chi connectivity index (χ4v) is 2.72. The van der Waals surface area contributed by atoms with Gasteiger partial charge in [-0.15, -0.1) is 0 Å². The van der Waals surface area contributed by atoms with Gasteiger partial charge in [0.25, 0.3) is 5.91 Å². The minimum Gasteiger partial charge on any atom is -0.482 e. The molecule has 2 atom stereocenters. The van der Waals surface area contributed by atoms with Crippen molar-refractivity contribution < 1.29 is 14.3 Å². The Morgan fingerprint density at radius 3 is 2.70 bits per heavy atom. The molecule has 0 aliphatic carbocycles. The van der Waals surface area contributed by atoms with Crippen LogP contribution in [0, 0.1) is 0 Å². The molecule has 0 saturated heterocycles. The number of ether oxygens (including phenoxy) is 1. The Morgan fingerprint density at radius 1 is 1.35 bits per heavy atom. The number of carbonyl (C=O) groups excluding carboxylic acids is 2. The first kappa shape index (κ1) is 17.3. The van der Waals surface area contributed by atoms with Crippen molar-refractivity contribution in [3.8, 4) is 5.75 Å². The van der Waals surface area contributed by atoms with Crippen LogP contribution < -0.4 is 15.4 Å². The molecule has 0 aromatic heterocycles. The summed E-state index contributed by atoms with van der Waals surface area (Å²) < 4.78 is 5.36. The van der Waals surface area contributed by atoms with E-state index in [1.807, 2.05) is 50.8 Å². The summed E-state index contributed by atoms with van der Waals surface area (Å²) >= 11 is 0. The molecule has 6 heteroatoms. The zero-order valence-electron chi connectivity index (χ0n) is 14.2. The fourth-order valence-electron chi connectivity index (χ4n) is 2.72. The predicted octanol–water partition coefficient (Wildman–Crippen LogP) is 1.92. The molecule has 2 amide bonds. The second-order valence-electron chi connectivity index (χ2n) is 5.71. The molecule has 126 valence electrons. The number of nitrogens with zero attached hydrogens (tertiary/aromatic N) is 1. The Morgan fingerprint density at radius 2 is 2.04 bits per heavy atom. The van der Waals surface area contributed by atoms with E-state index in [1.165, 1.54) is 0 Å². The number of anilines is 1. The standard InChI is InChI=1S/C17H25N3O3/c1-5-20(6-2)17(22)12(4)18-11(3)13-7-8-15-14(9-13)19-16(21)10-23-15/h7-9,11-12,18H,5-6,10H2,1-4H3,(H,19,21)/t11-,12+/m1/s1. The zero-order valence-corrected chi connectivity index (χ0v) is 14.2. The number of likely N-dealkylation sites (N-methyl/N-ethyl adjacent to an activating group) is 1. The average Bonchev–Trinajstić information content (AvgIpc) is 2.54. The molecule has 0 radical (unpaired) electrons. The molecule has 0 fully saturated rings. The van der Waals surface area contributed by atoms with E-state index < -0.39 is 0 Å². The van der Waals surface area contributed by atoms with Crippen molar-refractivity contribution in [2.24, 2.45) is 0 Å². The monoisotopic (exact) mass is 319 g/mol. The van der Waals surface area contributed by atoms with Gasteiger partial charge in [-0.1, -0.05) is 6.07 Å². The van der Waals surface area contributed by atoms with Crippen LogP contribution in [0.1, 0.15) is 39.3 Å². The summed E-state index contributed by atoms with van der Waals surface area (Å²) in [4.78, 5) is 25.6. The molecule has 1 aromatic carbocycles. The zero-order chi connectivity index (χ0) is 17.0. The third-order valence-electron chi connectivity index (χ3n) is 4.08. The number of benzene rings is 1. The highest BCUT2D eigenvalue weighted by Crippen LogP contribution is 2.30. The number of nitrogens with one attached hydrogen (secondary N) is 2. The molecule has 0 saturated carbocycles. The van der Waals surface area contributed by atoms with E-state index in [9.17, 15) is 9.59 Å². The summed E-state index contributed by atoms with van der Waals surface area (Å²) in [5.74, 6) is 0.615. The van der Waals surface area contributed by atoms with E-state index in [-0.39, 0.29) is 30.5 Å². The van der Waals surface area contributed by atoms with Gasteiger partial charge in [0.15, 0.2) is 6.61 Å². The molecule has 23 heavy (non-hydrogen) atoms. The summed E-state index contributed by atoms with van der Waals surface area (Å²) in [6.45, 7) is 9.29. The number of fused-ring (bicyclic) bond motifs is 1. The molecule has 2 rings (SSSR count). The predicted molar refractivity (Wildman–Crippen MR) is 89.5 cm³/mol. The number of rotatable bonds is 6. The second-order valence-corrected chi connectivity index (χ2v) is 5.71. The number of carbonyl (C=O) groups is 2. The molecule has 0 spiro atoms. The van der Waals surface area contributed by atoms with Crippen LogP contribution in [0.2, 0.25) is 0 Å². The van der Waals surface area contributed by atoms with Crippen molar-refractivity contribution in [2.75, 3.05) is 25.0 Å². The highest BCUT2D eigenvalue weighted by atomic mass is 16.5. The molecule has 6 nitrogen and oxygen atoms in total. The van der Waals surface area contributed by atoms with Crippen molar-refractivity contribution in [2.45, 2.75) is 39.8 Å². The minimum absolute atomic E-state index is 0.0198. The third-order valence-corrected chi connectivity index (χ3v) is 4.08. The molecule has 1 aromatic rings. The van der Waals surface area contributed by atoms with Gasteiger partial charge < -0.3 is 15.0 Å². The van der Waals surface area contributed by atoms with Crippen molar-refractivity contribution in [1.82, 2.24) is 10.2 Å². The number of hydrogen-bond donors (Lipinski definition) is 2. The highest BCUT2D eigenvalue weighted by molar-refractivity contribution is 5.95. The molecule has 0 unspecified atom stereocenters. The minimum atomic E-state index is -0.272. The summed E-state index contributed by atoms with van der Waals surface area (Å²) in [6.07, 6.45) is 0. The maximum atomic E-state index is 12.3. The van der Waals surface area contributed by atoms with Crippen LogP contribution in [-0.2, 0) is 9.59 Å². The van der Waals surface area contributed by atoms with Crippen LogP contribution in [0.5, 0.6) is 5.75 Å². The van der Waals surface area contributed by atoms with Gasteiger partial charge in [-0.25, -0.2) is 0 Å². The maximum absolute atomic E-state index is 12.3. The smallest absolute Gasteiger partial charge is 0.262 e. The van der Waals surface area contributed by atoms with Crippen LogP contribution in [0.3, 0.4) is 0 Å².